The van der Waals surface area contributed by atoms with Gasteiger partial charge in [0.2, 0.25) is 5.89 Å². The van der Waals surface area contributed by atoms with Crippen molar-refractivity contribution in [3.8, 4) is 0 Å². The van der Waals surface area contributed by atoms with Gasteiger partial charge in [-0.25, -0.2) is 4.98 Å². The van der Waals surface area contributed by atoms with Crippen LogP contribution in [-0.4, -0.2) is 47.3 Å². The van der Waals surface area contributed by atoms with E-state index >= 15 is 0 Å². The van der Waals surface area contributed by atoms with Crippen molar-refractivity contribution in [2.45, 2.75) is 39.3 Å². The van der Waals surface area contributed by atoms with Crippen molar-refractivity contribution in [3.63, 3.8) is 0 Å². The summed E-state index contributed by atoms with van der Waals surface area (Å²) in [4.78, 5) is 15.3. The van der Waals surface area contributed by atoms with Crippen molar-refractivity contribution in [1.82, 2.24) is 25.8 Å². The Morgan fingerprint density at radius 3 is 2.65 bits per heavy atom. The fraction of sp³-hybridized carbons (Fsp3) is 0.529. The molecule has 9 heteroatoms. The Morgan fingerprint density at radius 1 is 1.31 bits per heavy atom. The van der Waals surface area contributed by atoms with E-state index in [1.165, 1.54) is 5.56 Å². The van der Waals surface area contributed by atoms with Gasteiger partial charge in [-0.1, -0.05) is 11.2 Å². The molecule has 0 bridgehead atoms. The molecule has 8 nitrogen and oxygen atoms in total. The summed E-state index contributed by atoms with van der Waals surface area (Å²) in [6, 6.07) is 4.59. The molecular weight excluding hydrogens is 445 g/mol. The van der Waals surface area contributed by atoms with Crippen LogP contribution in [0.25, 0.3) is 0 Å². The lowest BCUT2D eigenvalue weighted by Crippen LogP contribution is -2.48. The summed E-state index contributed by atoms with van der Waals surface area (Å²) in [7, 11) is 1.77. The number of hydrogen-bond donors (Lipinski definition) is 2. The molecule has 26 heavy (non-hydrogen) atoms. The third-order valence-corrected chi connectivity index (χ3v) is 4.26. The molecule has 1 fully saturated rings. The van der Waals surface area contributed by atoms with E-state index in [4.69, 9.17) is 4.52 Å². The lowest BCUT2D eigenvalue weighted by molar-refractivity contribution is 0.386. The summed E-state index contributed by atoms with van der Waals surface area (Å²) in [5.74, 6) is 3.01. The minimum absolute atomic E-state index is 0. The molecule has 0 radical (unpaired) electrons. The molecule has 3 rings (SSSR count). The SMILES string of the molecule is CN=C(NCc1noc(C)n1)NC1CCN(c2ccc(C)cn2)CC1.I. The van der Waals surface area contributed by atoms with E-state index in [0.29, 0.717) is 24.3 Å². The highest BCUT2D eigenvalue weighted by molar-refractivity contribution is 14.0. The summed E-state index contributed by atoms with van der Waals surface area (Å²) < 4.78 is 4.97. The summed E-state index contributed by atoms with van der Waals surface area (Å²) in [6.07, 6.45) is 4.00. The molecule has 142 valence electrons. The molecule has 1 aliphatic heterocycles. The van der Waals surface area contributed by atoms with Crippen LogP contribution < -0.4 is 15.5 Å². The highest BCUT2D eigenvalue weighted by Gasteiger charge is 2.21. The van der Waals surface area contributed by atoms with Gasteiger partial charge in [0.15, 0.2) is 11.8 Å². The number of aryl methyl sites for hydroxylation is 2. The number of nitrogens with one attached hydrogen (secondary N) is 2. The van der Waals surface area contributed by atoms with Gasteiger partial charge in [0, 0.05) is 39.3 Å². The van der Waals surface area contributed by atoms with Crippen LogP contribution >= 0.6 is 24.0 Å². The predicted octanol–water partition coefficient (Wildman–Crippen LogP) is 2.03. The van der Waals surface area contributed by atoms with Gasteiger partial charge in [-0.2, -0.15) is 4.98 Å². The van der Waals surface area contributed by atoms with Gasteiger partial charge < -0.3 is 20.1 Å². The summed E-state index contributed by atoms with van der Waals surface area (Å²) >= 11 is 0. The zero-order valence-electron chi connectivity index (χ0n) is 15.4. The fourth-order valence-corrected chi connectivity index (χ4v) is 2.86. The van der Waals surface area contributed by atoms with Crippen LogP contribution in [0.4, 0.5) is 5.82 Å². The van der Waals surface area contributed by atoms with Gasteiger partial charge in [-0.05, 0) is 31.4 Å². The lowest BCUT2D eigenvalue weighted by Gasteiger charge is -2.33. The largest absolute Gasteiger partial charge is 0.356 e. The van der Waals surface area contributed by atoms with Crippen LogP contribution in [0.5, 0.6) is 0 Å². The fourth-order valence-electron chi connectivity index (χ4n) is 2.86. The van der Waals surface area contributed by atoms with E-state index in [1.54, 1.807) is 14.0 Å². The van der Waals surface area contributed by atoms with Crippen molar-refractivity contribution in [2.75, 3.05) is 25.0 Å². The summed E-state index contributed by atoms with van der Waals surface area (Å²) in [5.41, 5.74) is 1.19. The zero-order valence-corrected chi connectivity index (χ0v) is 17.7. The van der Waals surface area contributed by atoms with Crippen LogP contribution in [0.1, 0.15) is 30.1 Å². The van der Waals surface area contributed by atoms with Gasteiger partial charge >= 0.3 is 0 Å². The third kappa shape index (κ3) is 5.55. The number of aromatic nitrogens is 3. The molecule has 0 saturated carbocycles. The first-order chi connectivity index (χ1) is 12.1. The van der Waals surface area contributed by atoms with Gasteiger partial charge in [0.05, 0.1) is 6.54 Å². The standard InChI is InChI=1S/C17H25N7O.HI/c1-12-4-5-16(19-10-12)24-8-6-14(7-9-24)22-17(18-3)20-11-15-21-13(2)25-23-15;/h4-5,10,14H,6-9,11H2,1-3H3,(H2,18,20,22);1H. The molecule has 0 unspecified atom stereocenters. The third-order valence-electron chi connectivity index (χ3n) is 4.26. The average molecular weight is 471 g/mol. The average Bonchev–Trinajstić information content (AvgIpc) is 3.05. The Morgan fingerprint density at radius 2 is 2.08 bits per heavy atom. The minimum Gasteiger partial charge on any atom is -0.356 e. The van der Waals surface area contributed by atoms with E-state index in [9.17, 15) is 0 Å². The Hall–Kier alpha value is -1.91. The van der Waals surface area contributed by atoms with Crippen molar-refractivity contribution < 1.29 is 4.52 Å². The van der Waals surface area contributed by atoms with Crippen LogP contribution in [0.2, 0.25) is 0 Å². The first-order valence-corrected chi connectivity index (χ1v) is 8.58. The number of piperidine rings is 1. The molecule has 0 aromatic carbocycles. The second kappa shape index (κ2) is 9.70. The van der Waals surface area contributed by atoms with Gasteiger partial charge in [-0.3, -0.25) is 4.99 Å². The Kier molecular flexibility index (Phi) is 7.61. The first kappa shape index (κ1) is 20.4. The number of anilines is 1. The van der Waals surface area contributed by atoms with Crippen molar-refractivity contribution >= 4 is 35.8 Å². The molecule has 0 amide bonds. The summed E-state index contributed by atoms with van der Waals surface area (Å²) in [5, 5.41) is 10.6. The van der Waals surface area contributed by atoms with E-state index in [2.05, 4.69) is 54.7 Å². The number of rotatable bonds is 4. The number of nitrogens with zero attached hydrogens (tertiary/aromatic N) is 5. The summed E-state index contributed by atoms with van der Waals surface area (Å²) in [6.45, 7) is 6.29. The number of pyridine rings is 1. The second-order valence-electron chi connectivity index (χ2n) is 6.25. The normalized spacial score (nSPS) is 15.5. The highest BCUT2D eigenvalue weighted by Crippen LogP contribution is 2.17. The quantitative estimate of drug-likeness (QED) is 0.401. The van der Waals surface area contributed by atoms with Crippen LogP contribution in [-0.2, 0) is 6.54 Å². The Balaban J connectivity index is 0.00000243. The van der Waals surface area contributed by atoms with Crippen molar-refractivity contribution in [3.05, 3.63) is 35.6 Å². The molecule has 3 heterocycles. The molecule has 0 aliphatic carbocycles. The highest BCUT2D eigenvalue weighted by atomic mass is 127. The van der Waals surface area contributed by atoms with E-state index in [0.717, 1.165) is 37.7 Å². The molecule has 2 aromatic heterocycles. The van der Waals surface area contributed by atoms with Crippen molar-refractivity contribution in [2.24, 2.45) is 4.99 Å². The van der Waals surface area contributed by atoms with E-state index in [-0.39, 0.29) is 24.0 Å². The Labute approximate surface area is 170 Å². The number of halogens is 1. The van der Waals surface area contributed by atoms with Crippen LogP contribution in [0.15, 0.2) is 27.8 Å². The molecule has 0 spiro atoms. The zero-order chi connectivity index (χ0) is 17.6. The number of hydrogen-bond acceptors (Lipinski definition) is 6. The molecule has 1 saturated heterocycles. The smallest absolute Gasteiger partial charge is 0.223 e. The minimum atomic E-state index is 0. The maximum atomic E-state index is 4.97. The topological polar surface area (TPSA) is 91.5 Å². The number of aliphatic imine (C=N–C) groups is 1. The first-order valence-electron chi connectivity index (χ1n) is 8.58. The van der Waals surface area contributed by atoms with E-state index < -0.39 is 0 Å². The monoisotopic (exact) mass is 471 g/mol. The molecule has 2 aromatic rings. The van der Waals surface area contributed by atoms with E-state index in [1.807, 2.05) is 6.20 Å². The number of guanidine groups is 1. The maximum Gasteiger partial charge on any atom is 0.223 e. The molecule has 0 atom stereocenters. The van der Waals surface area contributed by atoms with Crippen LogP contribution in [0.3, 0.4) is 0 Å². The van der Waals surface area contributed by atoms with Gasteiger partial charge in [-0.15, -0.1) is 24.0 Å². The van der Waals surface area contributed by atoms with Gasteiger partial charge in [0.1, 0.15) is 5.82 Å². The van der Waals surface area contributed by atoms with Gasteiger partial charge in [0.25, 0.3) is 0 Å². The molecule has 1 aliphatic rings. The molecule has 2 N–H and O–H groups in total. The Bertz CT molecular complexity index is 708. The van der Waals surface area contributed by atoms with Crippen molar-refractivity contribution in [1.29, 1.82) is 0 Å². The van der Waals surface area contributed by atoms with Crippen LogP contribution in [0, 0.1) is 13.8 Å². The molecular formula is C17H26IN7O. The second-order valence-corrected chi connectivity index (χ2v) is 6.25. The maximum absolute atomic E-state index is 4.97. The predicted molar refractivity (Wildman–Crippen MR) is 112 cm³/mol. The lowest BCUT2D eigenvalue weighted by atomic mass is 10.1.